The molecule has 2 aliphatic rings. The van der Waals surface area contributed by atoms with Crippen molar-refractivity contribution in [1.29, 1.82) is 0 Å². The minimum Gasteiger partial charge on any atom is -0.256 e. The van der Waals surface area contributed by atoms with E-state index in [9.17, 15) is 0 Å². The summed E-state index contributed by atoms with van der Waals surface area (Å²) < 4.78 is 0. The Morgan fingerprint density at radius 3 is 2.73 bits per heavy atom. The molecule has 5 rings (SSSR count). The van der Waals surface area contributed by atoms with E-state index in [1.165, 1.54) is 32.7 Å². The zero-order valence-corrected chi connectivity index (χ0v) is 13.0. The molecular formula is C19H14N2S. The van der Waals surface area contributed by atoms with E-state index in [-0.39, 0.29) is 0 Å². The molecule has 1 aliphatic carbocycles. The van der Waals surface area contributed by atoms with Crippen molar-refractivity contribution in [2.24, 2.45) is 0 Å². The summed E-state index contributed by atoms with van der Waals surface area (Å²) in [4.78, 5) is 10.7. The summed E-state index contributed by atoms with van der Waals surface area (Å²) in [6, 6.07) is 13.0. The third kappa shape index (κ3) is 1.52. The van der Waals surface area contributed by atoms with E-state index in [1.807, 2.05) is 36.3 Å². The number of benzene rings is 1. The fourth-order valence-electron chi connectivity index (χ4n) is 3.70. The number of hydrogen-bond donors (Lipinski definition) is 0. The van der Waals surface area contributed by atoms with Crippen molar-refractivity contribution in [3.63, 3.8) is 0 Å². The Morgan fingerprint density at radius 1 is 1.00 bits per heavy atom. The van der Waals surface area contributed by atoms with Gasteiger partial charge in [0.05, 0.1) is 11.4 Å². The molecule has 0 saturated carbocycles. The van der Waals surface area contributed by atoms with Gasteiger partial charge in [-0.3, -0.25) is 9.97 Å². The topological polar surface area (TPSA) is 25.8 Å². The molecule has 0 radical (unpaired) electrons. The second-order valence-corrected chi connectivity index (χ2v) is 6.88. The first-order valence-electron chi connectivity index (χ1n) is 7.54. The largest absolute Gasteiger partial charge is 0.256 e. The summed E-state index contributed by atoms with van der Waals surface area (Å²) >= 11 is 1.92. The smallest absolute Gasteiger partial charge is 0.0756 e. The standard InChI is InChI=1S/C19H14N2S/c1-11-13-5-3-9-21-19(13)14-6-7-15-17(16(11)14)18-12(10-22-15)4-2-8-20-18/h2-9,11H,10H2,1H3. The molecule has 3 heteroatoms. The molecule has 0 spiro atoms. The third-order valence-electron chi connectivity index (χ3n) is 4.71. The van der Waals surface area contributed by atoms with Crippen molar-refractivity contribution < 1.29 is 0 Å². The fourth-order valence-corrected chi connectivity index (χ4v) is 4.76. The number of aromatic nitrogens is 2. The summed E-state index contributed by atoms with van der Waals surface area (Å²) in [7, 11) is 0. The normalized spacial score (nSPS) is 17.4. The average molecular weight is 302 g/mol. The average Bonchev–Trinajstić information content (AvgIpc) is 2.88. The van der Waals surface area contributed by atoms with Gasteiger partial charge in [-0.15, -0.1) is 11.8 Å². The van der Waals surface area contributed by atoms with Crippen LogP contribution in [0.1, 0.15) is 29.5 Å². The van der Waals surface area contributed by atoms with Gasteiger partial charge in [0.25, 0.3) is 0 Å². The SMILES string of the molecule is CC1c2cccnc2-c2ccc3c(c21)-c1ncccc1CS3. The summed E-state index contributed by atoms with van der Waals surface area (Å²) in [5.41, 5.74) is 8.98. The highest BCUT2D eigenvalue weighted by molar-refractivity contribution is 7.98. The zero-order valence-electron chi connectivity index (χ0n) is 12.2. The predicted octanol–water partition coefficient (Wildman–Crippen LogP) is 4.88. The number of nitrogens with zero attached hydrogens (tertiary/aromatic N) is 2. The summed E-state index contributed by atoms with van der Waals surface area (Å²) in [5, 5.41) is 0. The second kappa shape index (κ2) is 4.43. The number of hydrogen-bond acceptors (Lipinski definition) is 3. The maximum atomic E-state index is 4.70. The van der Waals surface area contributed by atoms with Gasteiger partial charge in [-0.1, -0.05) is 25.1 Å². The van der Waals surface area contributed by atoms with Crippen molar-refractivity contribution in [3.05, 3.63) is 65.5 Å². The minimum atomic E-state index is 0.377. The summed E-state index contributed by atoms with van der Waals surface area (Å²) in [5.74, 6) is 1.39. The van der Waals surface area contributed by atoms with Crippen LogP contribution in [0.4, 0.5) is 0 Å². The number of thioether (sulfide) groups is 1. The van der Waals surface area contributed by atoms with Gasteiger partial charge in [0.1, 0.15) is 0 Å². The monoisotopic (exact) mass is 302 g/mol. The molecule has 3 heterocycles. The number of rotatable bonds is 0. The Morgan fingerprint density at radius 2 is 1.82 bits per heavy atom. The lowest BCUT2D eigenvalue weighted by Crippen LogP contribution is -2.03. The zero-order chi connectivity index (χ0) is 14.7. The highest BCUT2D eigenvalue weighted by Gasteiger charge is 2.32. The Bertz CT molecular complexity index is 917. The molecule has 1 aromatic carbocycles. The number of fused-ring (bicyclic) bond motifs is 7. The van der Waals surface area contributed by atoms with E-state index in [0.717, 1.165) is 17.1 Å². The first kappa shape index (κ1) is 12.4. The van der Waals surface area contributed by atoms with Gasteiger partial charge < -0.3 is 0 Å². The molecule has 0 fully saturated rings. The van der Waals surface area contributed by atoms with Gasteiger partial charge in [0.15, 0.2) is 0 Å². The molecule has 2 aromatic heterocycles. The molecule has 1 unspecified atom stereocenters. The lowest BCUT2D eigenvalue weighted by molar-refractivity contribution is 0.946. The second-order valence-electron chi connectivity index (χ2n) is 5.86. The van der Waals surface area contributed by atoms with Gasteiger partial charge in [0.2, 0.25) is 0 Å². The molecule has 3 aromatic rings. The summed E-state index contributed by atoms with van der Waals surface area (Å²) in [6.45, 7) is 2.29. The van der Waals surface area contributed by atoms with Crippen LogP contribution < -0.4 is 0 Å². The Labute approximate surface area is 133 Å². The van der Waals surface area contributed by atoms with E-state index in [1.54, 1.807) is 0 Å². The molecule has 22 heavy (non-hydrogen) atoms. The lowest BCUT2D eigenvalue weighted by atomic mass is 9.91. The quantitative estimate of drug-likeness (QED) is 0.592. The molecule has 106 valence electrons. The molecule has 2 nitrogen and oxygen atoms in total. The van der Waals surface area contributed by atoms with Crippen molar-refractivity contribution in [2.45, 2.75) is 23.5 Å². The van der Waals surface area contributed by atoms with E-state index in [0.29, 0.717) is 5.92 Å². The lowest BCUT2D eigenvalue weighted by Gasteiger charge is -2.22. The van der Waals surface area contributed by atoms with Crippen LogP contribution in [0, 0.1) is 0 Å². The van der Waals surface area contributed by atoms with E-state index in [2.05, 4.69) is 36.2 Å². The van der Waals surface area contributed by atoms with E-state index < -0.39 is 0 Å². The maximum Gasteiger partial charge on any atom is 0.0756 e. The Kier molecular flexibility index (Phi) is 2.50. The van der Waals surface area contributed by atoms with Crippen molar-refractivity contribution in [2.75, 3.05) is 0 Å². The van der Waals surface area contributed by atoms with E-state index >= 15 is 0 Å². The van der Waals surface area contributed by atoms with Crippen molar-refractivity contribution >= 4 is 11.8 Å². The first-order chi connectivity index (χ1) is 10.8. The minimum absolute atomic E-state index is 0.377. The van der Waals surface area contributed by atoms with Crippen LogP contribution in [0.15, 0.2) is 53.7 Å². The maximum absolute atomic E-state index is 4.70. The number of pyridine rings is 2. The molecule has 0 amide bonds. The molecule has 0 bridgehead atoms. The van der Waals surface area contributed by atoms with Gasteiger partial charge >= 0.3 is 0 Å². The Balaban J connectivity index is 1.87. The molecule has 1 atom stereocenters. The van der Waals surface area contributed by atoms with Crippen LogP contribution in [0.25, 0.3) is 22.5 Å². The molecule has 0 N–H and O–H groups in total. The van der Waals surface area contributed by atoms with Gasteiger partial charge in [-0.05, 0) is 34.9 Å². The van der Waals surface area contributed by atoms with Crippen molar-refractivity contribution in [1.82, 2.24) is 9.97 Å². The van der Waals surface area contributed by atoms with Crippen LogP contribution in [0.3, 0.4) is 0 Å². The van der Waals surface area contributed by atoms with Gasteiger partial charge in [-0.2, -0.15) is 0 Å². The van der Waals surface area contributed by atoms with Gasteiger partial charge in [0, 0.05) is 40.1 Å². The first-order valence-corrected chi connectivity index (χ1v) is 8.52. The fraction of sp³-hybridized carbons (Fsp3) is 0.158. The highest BCUT2D eigenvalue weighted by atomic mass is 32.2. The highest BCUT2D eigenvalue weighted by Crippen LogP contribution is 2.52. The van der Waals surface area contributed by atoms with Gasteiger partial charge in [-0.25, -0.2) is 0 Å². The van der Waals surface area contributed by atoms with Crippen LogP contribution >= 0.6 is 11.8 Å². The van der Waals surface area contributed by atoms with E-state index in [4.69, 9.17) is 4.98 Å². The summed E-state index contributed by atoms with van der Waals surface area (Å²) in [6.07, 6.45) is 3.80. The molecule has 0 saturated heterocycles. The molecular weight excluding hydrogens is 288 g/mol. The van der Waals surface area contributed by atoms with Crippen LogP contribution in [-0.2, 0) is 5.75 Å². The van der Waals surface area contributed by atoms with Crippen LogP contribution in [0.5, 0.6) is 0 Å². The Hall–Kier alpha value is -2.13. The van der Waals surface area contributed by atoms with Crippen molar-refractivity contribution in [3.8, 4) is 22.5 Å². The molecule has 1 aliphatic heterocycles. The van der Waals surface area contributed by atoms with Crippen LogP contribution in [0.2, 0.25) is 0 Å². The van der Waals surface area contributed by atoms with Crippen LogP contribution in [-0.4, -0.2) is 9.97 Å². The predicted molar refractivity (Wildman–Crippen MR) is 90.0 cm³/mol. The third-order valence-corrected chi connectivity index (χ3v) is 5.82.